The SMILES string of the molecule is CN(CCC(N)=O)c1ccccc1N. The Hall–Kier alpha value is -1.71. The first kappa shape index (κ1) is 10.4. The molecule has 0 aromatic heterocycles. The third-order valence-electron chi connectivity index (χ3n) is 2.04. The first-order valence-corrected chi connectivity index (χ1v) is 4.45. The molecule has 0 aliphatic heterocycles. The predicted molar refractivity (Wildman–Crippen MR) is 57.9 cm³/mol. The van der Waals surface area contributed by atoms with Crippen molar-refractivity contribution in [1.29, 1.82) is 0 Å². The Bertz CT molecular complexity index is 325. The van der Waals surface area contributed by atoms with Crippen LogP contribution in [-0.4, -0.2) is 19.5 Å². The Morgan fingerprint density at radius 1 is 1.43 bits per heavy atom. The van der Waals surface area contributed by atoms with E-state index < -0.39 is 0 Å². The summed E-state index contributed by atoms with van der Waals surface area (Å²) in [7, 11) is 1.88. The van der Waals surface area contributed by atoms with E-state index in [-0.39, 0.29) is 5.91 Å². The van der Waals surface area contributed by atoms with Gasteiger partial charge in [0.15, 0.2) is 0 Å². The lowest BCUT2D eigenvalue weighted by Gasteiger charge is -2.19. The van der Waals surface area contributed by atoms with Crippen LogP contribution in [0.15, 0.2) is 24.3 Å². The molecule has 1 aromatic rings. The summed E-state index contributed by atoms with van der Waals surface area (Å²) < 4.78 is 0. The number of nitrogens with two attached hydrogens (primary N) is 2. The molecular formula is C10H15N3O. The molecule has 0 saturated heterocycles. The van der Waals surface area contributed by atoms with Gasteiger partial charge in [-0.25, -0.2) is 0 Å². The fraction of sp³-hybridized carbons (Fsp3) is 0.300. The number of amides is 1. The van der Waals surface area contributed by atoms with E-state index in [0.717, 1.165) is 5.69 Å². The zero-order valence-corrected chi connectivity index (χ0v) is 8.23. The first-order chi connectivity index (χ1) is 6.61. The summed E-state index contributed by atoms with van der Waals surface area (Å²) in [5.41, 5.74) is 12.5. The van der Waals surface area contributed by atoms with Gasteiger partial charge >= 0.3 is 0 Å². The maximum Gasteiger partial charge on any atom is 0.219 e. The summed E-state index contributed by atoms with van der Waals surface area (Å²) in [5, 5.41) is 0. The second kappa shape index (κ2) is 4.50. The van der Waals surface area contributed by atoms with Crippen molar-refractivity contribution >= 4 is 17.3 Å². The molecule has 0 heterocycles. The van der Waals surface area contributed by atoms with Crippen LogP contribution in [0.5, 0.6) is 0 Å². The van der Waals surface area contributed by atoms with E-state index in [0.29, 0.717) is 18.7 Å². The third kappa shape index (κ3) is 2.65. The Kier molecular flexibility index (Phi) is 3.34. The van der Waals surface area contributed by atoms with Crippen molar-refractivity contribution in [2.75, 3.05) is 24.2 Å². The number of hydrogen-bond acceptors (Lipinski definition) is 3. The second-order valence-electron chi connectivity index (χ2n) is 3.20. The minimum absolute atomic E-state index is 0.300. The summed E-state index contributed by atoms with van der Waals surface area (Å²) in [6, 6.07) is 7.53. The van der Waals surface area contributed by atoms with E-state index >= 15 is 0 Å². The molecule has 0 atom stereocenters. The van der Waals surface area contributed by atoms with Gasteiger partial charge < -0.3 is 16.4 Å². The topological polar surface area (TPSA) is 72.3 Å². The molecule has 0 bridgehead atoms. The van der Waals surface area contributed by atoms with Crippen LogP contribution >= 0.6 is 0 Å². The van der Waals surface area contributed by atoms with Crippen LogP contribution in [0.4, 0.5) is 11.4 Å². The van der Waals surface area contributed by atoms with Crippen LogP contribution in [0.25, 0.3) is 0 Å². The van der Waals surface area contributed by atoms with E-state index in [4.69, 9.17) is 11.5 Å². The van der Waals surface area contributed by atoms with Crippen LogP contribution in [0, 0.1) is 0 Å². The zero-order chi connectivity index (χ0) is 10.6. The van der Waals surface area contributed by atoms with Gasteiger partial charge in [0.05, 0.1) is 11.4 Å². The van der Waals surface area contributed by atoms with Crippen LogP contribution in [-0.2, 0) is 4.79 Å². The number of anilines is 2. The lowest BCUT2D eigenvalue weighted by atomic mass is 10.2. The Balaban J connectivity index is 2.65. The molecule has 1 rings (SSSR count). The van der Waals surface area contributed by atoms with E-state index in [1.165, 1.54) is 0 Å². The summed E-state index contributed by atoms with van der Waals surface area (Å²) in [5.74, 6) is -0.300. The minimum Gasteiger partial charge on any atom is -0.397 e. The van der Waals surface area contributed by atoms with Crippen molar-refractivity contribution < 1.29 is 4.79 Å². The number of para-hydroxylation sites is 2. The Morgan fingerprint density at radius 3 is 2.64 bits per heavy atom. The lowest BCUT2D eigenvalue weighted by molar-refractivity contribution is -0.117. The minimum atomic E-state index is -0.300. The van der Waals surface area contributed by atoms with Gasteiger partial charge in [-0.1, -0.05) is 12.1 Å². The highest BCUT2D eigenvalue weighted by molar-refractivity contribution is 5.75. The second-order valence-corrected chi connectivity index (χ2v) is 3.20. The lowest BCUT2D eigenvalue weighted by Crippen LogP contribution is -2.24. The van der Waals surface area contributed by atoms with E-state index in [1.807, 2.05) is 36.2 Å². The van der Waals surface area contributed by atoms with Gasteiger partial charge in [0, 0.05) is 20.0 Å². The molecule has 0 fully saturated rings. The molecule has 4 nitrogen and oxygen atoms in total. The molecule has 1 amide bonds. The third-order valence-corrected chi connectivity index (χ3v) is 2.04. The Morgan fingerprint density at radius 2 is 2.07 bits per heavy atom. The quantitative estimate of drug-likeness (QED) is 0.687. The molecular weight excluding hydrogens is 178 g/mol. The fourth-order valence-corrected chi connectivity index (χ4v) is 1.23. The molecule has 4 heteroatoms. The highest BCUT2D eigenvalue weighted by Crippen LogP contribution is 2.20. The summed E-state index contributed by atoms with van der Waals surface area (Å²) in [6.07, 6.45) is 0.338. The molecule has 0 aliphatic rings. The largest absolute Gasteiger partial charge is 0.397 e. The van der Waals surface area contributed by atoms with Crippen molar-refractivity contribution in [3.8, 4) is 0 Å². The average Bonchev–Trinajstić information content (AvgIpc) is 2.15. The first-order valence-electron chi connectivity index (χ1n) is 4.45. The number of hydrogen-bond donors (Lipinski definition) is 2. The molecule has 76 valence electrons. The summed E-state index contributed by atoms with van der Waals surface area (Å²) in [6.45, 7) is 0.587. The van der Waals surface area contributed by atoms with Crippen molar-refractivity contribution in [3.63, 3.8) is 0 Å². The van der Waals surface area contributed by atoms with Crippen molar-refractivity contribution in [2.24, 2.45) is 5.73 Å². The van der Waals surface area contributed by atoms with Crippen LogP contribution in [0.1, 0.15) is 6.42 Å². The maximum atomic E-state index is 10.6. The smallest absolute Gasteiger partial charge is 0.219 e. The van der Waals surface area contributed by atoms with Gasteiger partial charge in [-0.2, -0.15) is 0 Å². The predicted octanol–water partition coefficient (Wildman–Crippen LogP) is 0.580. The monoisotopic (exact) mass is 193 g/mol. The van der Waals surface area contributed by atoms with Gasteiger partial charge in [0.2, 0.25) is 5.91 Å². The fourth-order valence-electron chi connectivity index (χ4n) is 1.23. The van der Waals surface area contributed by atoms with Gasteiger partial charge in [-0.3, -0.25) is 4.79 Å². The van der Waals surface area contributed by atoms with Crippen molar-refractivity contribution in [3.05, 3.63) is 24.3 Å². The molecule has 0 unspecified atom stereocenters. The van der Waals surface area contributed by atoms with Gasteiger partial charge in [-0.15, -0.1) is 0 Å². The molecule has 0 aliphatic carbocycles. The van der Waals surface area contributed by atoms with Gasteiger partial charge in [0.25, 0.3) is 0 Å². The van der Waals surface area contributed by atoms with Crippen LogP contribution in [0.3, 0.4) is 0 Å². The summed E-state index contributed by atoms with van der Waals surface area (Å²) >= 11 is 0. The average molecular weight is 193 g/mol. The van der Waals surface area contributed by atoms with Crippen molar-refractivity contribution in [2.45, 2.75) is 6.42 Å². The molecule has 1 aromatic carbocycles. The van der Waals surface area contributed by atoms with Crippen molar-refractivity contribution in [1.82, 2.24) is 0 Å². The number of carbonyl (C=O) groups excluding carboxylic acids is 1. The number of nitrogen functional groups attached to an aromatic ring is 1. The van der Waals surface area contributed by atoms with E-state index in [2.05, 4.69) is 0 Å². The molecule has 0 saturated carbocycles. The normalized spacial score (nSPS) is 9.79. The van der Waals surface area contributed by atoms with Crippen LogP contribution in [0.2, 0.25) is 0 Å². The maximum absolute atomic E-state index is 10.6. The number of rotatable bonds is 4. The highest BCUT2D eigenvalue weighted by Gasteiger charge is 2.04. The van der Waals surface area contributed by atoms with Crippen LogP contribution < -0.4 is 16.4 Å². The highest BCUT2D eigenvalue weighted by atomic mass is 16.1. The molecule has 14 heavy (non-hydrogen) atoms. The molecule has 0 radical (unpaired) electrons. The molecule has 4 N–H and O–H groups in total. The number of primary amides is 1. The molecule has 0 spiro atoms. The van der Waals surface area contributed by atoms with E-state index in [1.54, 1.807) is 0 Å². The zero-order valence-electron chi connectivity index (χ0n) is 8.23. The standard InChI is InChI=1S/C10H15N3O/c1-13(7-6-10(12)14)9-5-3-2-4-8(9)11/h2-5H,6-7,11H2,1H3,(H2,12,14). The number of nitrogens with zero attached hydrogens (tertiary/aromatic N) is 1. The van der Waals surface area contributed by atoms with E-state index in [9.17, 15) is 4.79 Å². The Labute approximate surface area is 83.5 Å². The van der Waals surface area contributed by atoms with Gasteiger partial charge in [-0.05, 0) is 12.1 Å². The number of benzene rings is 1. The number of carbonyl (C=O) groups is 1. The van der Waals surface area contributed by atoms with Gasteiger partial charge in [0.1, 0.15) is 0 Å². The summed E-state index contributed by atoms with van der Waals surface area (Å²) in [4.78, 5) is 12.5.